The van der Waals surface area contributed by atoms with E-state index in [4.69, 9.17) is 0 Å². The quantitative estimate of drug-likeness (QED) is 0.647. The molecule has 0 bridgehead atoms. The van der Waals surface area contributed by atoms with Crippen molar-refractivity contribution >= 4 is 0 Å². The van der Waals surface area contributed by atoms with Crippen LogP contribution in [0, 0.1) is 0 Å². The van der Waals surface area contributed by atoms with E-state index >= 15 is 0 Å². The van der Waals surface area contributed by atoms with Gasteiger partial charge in [0.15, 0.2) is 0 Å². The normalized spacial score (nSPS) is 23.0. The summed E-state index contributed by atoms with van der Waals surface area (Å²) in [5, 5.41) is 7.51. The van der Waals surface area contributed by atoms with Crippen molar-refractivity contribution < 1.29 is 0 Å². The summed E-state index contributed by atoms with van der Waals surface area (Å²) < 4.78 is 0. The highest BCUT2D eigenvalue weighted by Crippen LogP contribution is 2.13. The molecule has 0 spiro atoms. The Morgan fingerprint density at radius 3 is 2.57 bits per heavy atom. The second-order valence-electron chi connectivity index (χ2n) is 6.87. The standard InChI is InChI=1S/C18H39N3/c1-5-21(6-2)14-10-11-16(3)20-17(4)15-18-12-8-7-9-13-19-18/h16-20H,5-15H2,1-4H3. The van der Waals surface area contributed by atoms with Crippen LogP contribution < -0.4 is 10.6 Å². The van der Waals surface area contributed by atoms with Crippen molar-refractivity contribution in [2.24, 2.45) is 0 Å². The lowest BCUT2D eigenvalue weighted by atomic mass is 10.0. The van der Waals surface area contributed by atoms with Gasteiger partial charge in [-0.3, -0.25) is 0 Å². The lowest BCUT2D eigenvalue weighted by molar-refractivity contribution is 0.286. The van der Waals surface area contributed by atoms with Crippen LogP contribution in [-0.4, -0.2) is 49.2 Å². The highest BCUT2D eigenvalue weighted by atomic mass is 15.1. The van der Waals surface area contributed by atoms with Crippen LogP contribution in [0.1, 0.15) is 72.6 Å². The van der Waals surface area contributed by atoms with E-state index in [1.54, 1.807) is 0 Å². The van der Waals surface area contributed by atoms with Crippen LogP contribution >= 0.6 is 0 Å². The van der Waals surface area contributed by atoms with Crippen molar-refractivity contribution in [3.05, 3.63) is 0 Å². The fourth-order valence-corrected chi connectivity index (χ4v) is 3.53. The minimum atomic E-state index is 0.629. The van der Waals surface area contributed by atoms with Gasteiger partial charge in [-0.15, -0.1) is 0 Å². The van der Waals surface area contributed by atoms with Crippen molar-refractivity contribution in [2.75, 3.05) is 26.2 Å². The Bertz CT molecular complexity index is 233. The molecule has 126 valence electrons. The molecule has 1 rings (SSSR count). The molecule has 0 aliphatic carbocycles. The van der Waals surface area contributed by atoms with Crippen molar-refractivity contribution in [1.29, 1.82) is 0 Å². The third kappa shape index (κ3) is 8.80. The third-order valence-electron chi connectivity index (χ3n) is 4.88. The molecule has 0 amide bonds. The molecule has 2 N–H and O–H groups in total. The molecule has 3 nitrogen and oxygen atoms in total. The predicted molar refractivity (Wildman–Crippen MR) is 94.0 cm³/mol. The summed E-state index contributed by atoms with van der Waals surface area (Å²) in [5.41, 5.74) is 0. The summed E-state index contributed by atoms with van der Waals surface area (Å²) in [7, 11) is 0. The van der Waals surface area contributed by atoms with Gasteiger partial charge >= 0.3 is 0 Å². The predicted octanol–water partition coefficient (Wildman–Crippen LogP) is 3.40. The Labute approximate surface area is 133 Å². The Kier molecular flexibility index (Phi) is 10.3. The molecule has 0 aromatic carbocycles. The van der Waals surface area contributed by atoms with E-state index in [1.165, 1.54) is 71.1 Å². The Balaban J connectivity index is 2.13. The molecule has 3 atom stereocenters. The molecule has 0 aromatic heterocycles. The van der Waals surface area contributed by atoms with Gasteiger partial charge in [-0.1, -0.05) is 26.7 Å². The van der Waals surface area contributed by atoms with E-state index in [0.717, 1.165) is 6.04 Å². The van der Waals surface area contributed by atoms with E-state index in [2.05, 4.69) is 43.2 Å². The molecule has 0 radical (unpaired) electrons. The second kappa shape index (κ2) is 11.4. The van der Waals surface area contributed by atoms with Crippen LogP contribution in [0.3, 0.4) is 0 Å². The van der Waals surface area contributed by atoms with Crippen LogP contribution in [0.2, 0.25) is 0 Å². The zero-order valence-electron chi connectivity index (χ0n) is 15.0. The Morgan fingerprint density at radius 2 is 1.86 bits per heavy atom. The van der Waals surface area contributed by atoms with Gasteiger partial charge < -0.3 is 15.5 Å². The Morgan fingerprint density at radius 1 is 1.10 bits per heavy atom. The lowest BCUT2D eigenvalue weighted by Crippen LogP contribution is -2.40. The first-order chi connectivity index (χ1) is 10.2. The molecule has 1 fully saturated rings. The maximum atomic E-state index is 3.80. The second-order valence-corrected chi connectivity index (χ2v) is 6.87. The highest BCUT2D eigenvalue weighted by Gasteiger charge is 2.16. The molecule has 0 aromatic rings. The Hall–Kier alpha value is -0.120. The highest BCUT2D eigenvalue weighted by molar-refractivity contribution is 4.77. The monoisotopic (exact) mass is 297 g/mol. The number of rotatable bonds is 10. The van der Waals surface area contributed by atoms with Crippen LogP contribution in [0.15, 0.2) is 0 Å². The van der Waals surface area contributed by atoms with Crippen molar-refractivity contribution in [3.8, 4) is 0 Å². The molecule has 3 heteroatoms. The zero-order chi connectivity index (χ0) is 15.5. The summed E-state index contributed by atoms with van der Waals surface area (Å²) in [5.74, 6) is 0. The van der Waals surface area contributed by atoms with E-state index in [0.29, 0.717) is 12.1 Å². The van der Waals surface area contributed by atoms with Gasteiger partial charge in [0.05, 0.1) is 0 Å². The lowest BCUT2D eigenvalue weighted by Gasteiger charge is -2.25. The summed E-state index contributed by atoms with van der Waals surface area (Å²) in [6.07, 6.45) is 9.42. The molecular weight excluding hydrogens is 258 g/mol. The number of hydrogen-bond acceptors (Lipinski definition) is 3. The van der Waals surface area contributed by atoms with E-state index in [-0.39, 0.29) is 0 Å². The third-order valence-corrected chi connectivity index (χ3v) is 4.88. The summed E-state index contributed by atoms with van der Waals surface area (Å²) in [6, 6.07) is 2.00. The molecule has 3 unspecified atom stereocenters. The van der Waals surface area contributed by atoms with E-state index in [1.807, 2.05) is 0 Å². The average molecular weight is 298 g/mol. The van der Waals surface area contributed by atoms with Crippen LogP contribution in [0.4, 0.5) is 0 Å². The van der Waals surface area contributed by atoms with Gasteiger partial charge in [0, 0.05) is 18.1 Å². The molecule has 1 aliphatic heterocycles. The van der Waals surface area contributed by atoms with Gasteiger partial charge in [0.2, 0.25) is 0 Å². The number of nitrogens with zero attached hydrogens (tertiary/aromatic N) is 1. The summed E-state index contributed by atoms with van der Waals surface area (Å²) in [6.45, 7) is 14.0. The minimum Gasteiger partial charge on any atom is -0.314 e. The fourth-order valence-electron chi connectivity index (χ4n) is 3.53. The van der Waals surface area contributed by atoms with Gasteiger partial charge in [0.25, 0.3) is 0 Å². The molecule has 21 heavy (non-hydrogen) atoms. The summed E-state index contributed by atoms with van der Waals surface area (Å²) in [4.78, 5) is 2.52. The van der Waals surface area contributed by atoms with Gasteiger partial charge in [-0.25, -0.2) is 0 Å². The first-order valence-corrected chi connectivity index (χ1v) is 9.37. The number of hydrogen-bond donors (Lipinski definition) is 2. The molecular formula is C18H39N3. The SMILES string of the molecule is CCN(CC)CCCC(C)NC(C)CC1CCCCCN1. The first kappa shape index (κ1) is 18.9. The zero-order valence-corrected chi connectivity index (χ0v) is 15.0. The van der Waals surface area contributed by atoms with Crippen molar-refractivity contribution in [3.63, 3.8) is 0 Å². The van der Waals surface area contributed by atoms with Gasteiger partial charge in [-0.2, -0.15) is 0 Å². The smallest absolute Gasteiger partial charge is 0.00817 e. The first-order valence-electron chi connectivity index (χ1n) is 9.37. The maximum Gasteiger partial charge on any atom is 0.00817 e. The number of nitrogens with one attached hydrogen (secondary N) is 2. The van der Waals surface area contributed by atoms with Crippen LogP contribution in [0.25, 0.3) is 0 Å². The fraction of sp³-hybridized carbons (Fsp3) is 1.00. The van der Waals surface area contributed by atoms with E-state index in [9.17, 15) is 0 Å². The summed E-state index contributed by atoms with van der Waals surface area (Å²) >= 11 is 0. The largest absolute Gasteiger partial charge is 0.314 e. The average Bonchev–Trinajstić information content (AvgIpc) is 2.72. The topological polar surface area (TPSA) is 27.3 Å². The molecule has 1 aliphatic rings. The van der Waals surface area contributed by atoms with Crippen molar-refractivity contribution in [1.82, 2.24) is 15.5 Å². The molecule has 1 saturated heterocycles. The van der Waals surface area contributed by atoms with Crippen molar-refractivity contribution in [2.45, 2.75) is 90.8 Å². The maximum absolute atomic E-state index is 3.80. The van der Waals surface area contributed by atoms with Gasteiger partial charge in [0.1, 0.15) is 0 Å². The van der Waals surface area contributed by atoms with Crippen LogP contribution in [0.5, 0.6) is 0 Å². The van der Waals surface area contributed by atoms with Crippen LogP contribution in [-0.2, 0) is 0 Å². The van der Waals surface area contributed by atoms with E-state index < -0.39 is 0 Å². The molecule has 0 saturated carbocycles. The minimum absolute atomic E-state index is 0.629. The van der Waals surface area contributed by atoms with Gasteiger partial charge in [-0.05, 0) is 72.1 Å². The molecule has 1 heterocycles.